The number of likely N-dealkylation sites (tertiary alicyclic amines) is 1. The van der Waals surface area contributed by atoms with Crippen LogP contribution in [-0.2, 0) is 9.53 Å². The van der Waals surface area contributed by atoms with Crippen molar-refractivity contribution in [2.24, 2.45) is 5.92 Å². The summed E-state index contributed by atoms with van der Waals surface area (Å²) in [6.45, 7) is 2.86. The van der Waals surface area contributed by atoms with Gasteiger partial charge in [-0.3, -0.25) is 4.79 Å². The number of nitrogens with one attached hydrogen (secondary N) is 1. The first kappa shape index (κ1) is 18.4. The van der Waals surface area contributed by atoms with Gasteiger partial charge in [-0.25, -0.2) is 0 Å². The number of nitrogens with zero attached hydrogens (tertiary/aromatic N) is 1. The maximum atomic E-state index is 12.0. The molecule has 5 nitrogen and oxygen atoms in total. The maximum absolute atomic E-state index is 12.0. The molecule has 0 aromatic heterocycles. The molecule has 0 spiro atoms. The molecule has 1 heterocycles. The second-order valence-electron chi connectivity index (χ2n) is 6.95. The van der Waals surface area contributed by atoms with E-state index in [0.717, 1.165) is 25.9 Å². The lowest BCUT2D eigenvalue weighted by molar-refractivity contribution is -0.117. The number of allylic oxidation sites excluding steroid dienone is 1. The van der Waals surface area contributed by atoms with Crippen LogP contribution in [0.1, 0.15) is 44.9 Å². The van der Waals surface area contributed by atoms with Gasteiger partial charge in [-0.1, -0.05) is 25.3 Å². The standard InChI is InChI=1S/C18H32N2O3/c1-23-14-17(21)13-20-11-9-16(10-12-20)19-18(22)8-7-15-5-3-2-4-6-15/h7-8,15-17,21H,2-6,9-14H2,1H3,(H,19,22)/b8-7+. The molecular weight excluding hydrogens is 292 g/mol. The number of hydrogen-bond donors (Lipinski definition) is 2. The smallest absolute Gasteiger partial charge is 0.243 e. The topological polar surface area (TPSA) is 61.8 Å². The third-order valence-electron chi connectivity index (χ3n) is 4.93. The Morgan fingerprint density at radius 3 is 2.61 bits per heavy atom. The van der Waals surface area contributed by atoms with Crippen LogP contribution in [0.15, 0.2) is 12.2 Å². The summed E-state index contributed by atoms with van der Waals surface area (Å²) in [6, 6.07) is 0.259. The highest BCUT2D eigenvalue weighted by Gasteiger charge is 2.21. The molecule has 1 unspecified atom stereocenters. The lowest BCUT2D eigenvalue weighted by Crippen LogP contribution is -2.46. The first-order chi connectivity index (χ1) is 11.2. The van der Waals surface area contributed by atoms with Crippen molar-refractivity contribution in [1.82, 2.24) is 10.2 Å². The molecule has 1 atom stereocenters. The Balaban J connectivity index is 1.63. The number of β-amino-alcohol motifs (C(OH)–C–C–N with tert-alkyl or cyclic N) is 1. The molecule has 2 aliphatic rings. The maximum Gasteiger partial charge on any atom is 0.243 e. The first-order valence-electron chi connectivity index (χ1n) is 9.05. The van der Waals surface area contributed by atoms with Gasteiger partial charge in [0.05, 0.1) is 12.7 Å². The van der Waals surface area contributed by atoms with Gasteiger partial charge in [0.2, 0.25) is 5.91 Å². The van der Waals surface area contributed by atoms with E-state index in [4.69, 9.17) is 4.74 Å². The van der Waals surface area contributed by atoms with Gasteiger partial charge in [-0.05, 0) is 37.7 Å². The third kappa shape index (κ3) is 7.02. The minimum Gasteiger partial charge on any atom is -0.389 e. The van der Waals surface area contributed by atoms with E-state index in [0.29, 0.717) is 19.1 Å². The molecule has 0 bridgehead atoms. The van der Waals surface area contributed by atoms with Crippen LogP contribution < -0.4 is 5.32 Å². The zero-order chi connectivity index (χ0) is 16.5. The van der Waals surface area contributed by atoms with Crippen molar-refractivity contribution < 1.29 is 14.6 Å². The van der Waals surface area contributed by atoms with E-state index >= 15 is 0 Å². The summed E-state index contributed by atoms with van der Waals surface area (Å²) in [7, 11) is 1.60. The molecule has 23 heavy (non-hydrogen) atoms. The molecule has 0 aromatic carbocycles. The fraction of sp³-hybridized carbons (Fsp3) is 0.833. The predicted octanol–water partition coefficient (Wildman–Crippen LogP) is 1.71. The molecule has 2 rings (SSSR count). The van der Waals surface area contributed by atoms with E-state index in [2.05, 4.69) is 16.3 Å². The second-order valence-corrected chi connectivity index (χ2v) is 6.95. The van der Waals surface area contributed by atoms with E-state index in [1.54, 1.807) is 13.2 Å². The van der Waals surface area contributed by atoms with Crippen molar-refractivity contribution in [3.8, 4) is 0 Å². The molecule has 1 saturated carbocycles. The number of carbonyl (C=O) groups is 1. The second kappa shape index (κ2) is 10.1. The number of piperidine rings is 1. The van der Waals surface area contributed by atoms with Crippen LogP contribution in [0.4, 0.5) is 0 Å². The molecular formula is C18H32N2O3. The molecule has 2 fully saturated rings. The summed E-state index contributed by atoms with van der Waals surface area (Å²) in [5.41, 5.74) is 0. The Hall–Kier alpha value is -0.910. The minimum atomic E-state index is -0.426. The fourth-order valence-electron chi connectivity index (χ4n) is 3.60. The largest absolute Gasteiger partial charge is 0.389 e. The van der Waals surface area contributed by atoms with Gasteiger partial charge in [-0.15, -0.1) is 0 Å². The Morgan fingerprint density at radius 1 is 1.26 bits per heavy atom. The highest BCUT2D eigenvalue weighted by atomic mass is 16.5. The number of aliphatic hydroxyl groups excluding tert-OH is 1. The Morgan fingerprint density at radius 2 is 1.96 bits per heavy atom. The molecule has 2 N–H and O–H groups in total. The van der Waals surface area contributed by atoms with Crippen molar-refractivity contribution >= 4 is 5.91 Å². The van der Waals surface area contributed by atoms with Gasteiger partial charge in [0.25, 0.3) is 0 Å². The van der Waals surface area contributed by atoms with Gasteiger partial charge in [0.1, 0.15) is 0 Å². The van der Waals surface area contributed by atoms with E-state index < -0.39 is 6.10 Å². The summed E-state index contributed by atoms with van der Waals surface area (Å²) >= 11 is 0. The van der Waals surface area contributed by atoms with Crippen LogP contribution >= 0.6 is 0 Å². The number of carbonyl (C=O) groups excluding carboxylic acids is 1. The molecule has 5 heteroatoms. The van der Waals surface area contributed by atoms with Gasteiger partial charge in [0.15, 0.2) is 0 Å². The summed E-state index contributed by atoms with van der Waals surface area (Å²) in [5, 5.41) is 12.9. The SMILES string of the molecule is COCC(O)CN1CCC(NC(=O)/C=C/C2CCCCC2)CC1. The molecule has 1 aliphatic heterocycles. The summed E-state index contributed by atoms with van der Waals surface area (Å²) in [4.78, 5) is 14.3. The van der Waals surface area contributed by atoms with Crippen LogP contribution in [0.5, 0.6) is 0 Å². The van der Waals surface area contributed by atoms with Crippen LogP contribution in [0.3, 0.4) is 0 Å². The molecule has 0 radical (unpaired) electrons. The van der Waals surface area contributed by atoms with Crippen LogP contribution in [0.2, 0.25) is 0 Å². The molecule has 1 aliphatic carbocycles. The highest BCUT2D eigenvalue weighted by Crippen LogP contribution is 2.24. The highest BCUT2D eigenvalue weighted by molar-refractivity contribution is 5.87. The number of rotatable bonds is 7. The lowest BCUT2D eigenvalue weighted by atomic mass is 9.89. The predicted molar refractivity (Wildman–Crippen MR) is 91.2 cm³/mol. The average Bonchev–Trinajstić information content (AvgIpc) is 2.56. The third-order valence-corrected chi connectivity index (χ3v) is 4.93. The fourth-order valence-corrected chi connectivity index (χ4v) is 3.60. The summed E-state index contributed by atoms with van der Waals surface area (Å²) in [5.74, 6) is 0.645. The monoisotopic (exact) mass is 324 g/mol. The molecule has 132 valence electrons. The normalized spacial score (nSPS) is 23.2. The number of ether oxygens (including phenoxy) is 1. The summed E-state index contributed by atoms with van der Waals surface area (Å²) < 4.78 is 4.95. The van der Waals surface area contributed by atoms with Crippen LogP contribution in [-0.4, -0.2) is 61.4 Å². The van der Waals surface area contributed by atoms with E-state index in [9.17, 15) is 9.90 Å². The van der Waals surface area contributed by atoms with E-state index in [1.165, 1.54) is 32.1 Å². The van der Waals surface area contributed by atoms with Crippen molar-refractivity contribution in [3.05, 3.63) is 12.2 Å². The van der Waals surface area contributed by atoms with Crippen LogP contribution in [0, 0.1) is 5.92 Å². The van der Waals surface area contributed by atoms with Crippen molar-refractivity contribution in [2.75, 3.05) is 33.4 Å². The lowest BCUT2D eigenvalue weighted by Gasteiger charge is -2.33. The molecule has 0 aromatic rings. The zero-order valence-corrected chi connectivity index (χ0v) is 14.4. The number of aliphatic hydroxyl groups is 1. The molecule has 1 amide bonds. The quantitative estimate of drug-likeness (QED) is 0.700. The van der Waals surface area contributed by atoms with E-state index in [1.807, 2.05) is 0 Å². The zero-order valence-electron chi connectivity index (χ0n) is 14.4. The van der Waals surface area contributed by atoms with Gasteiger partial charge in [0, 0.05) is 32.8 Å². The summed E-state index contributed by atoms with van der Waals surface area (Å²) in [6.07, 6.45) is 11.7. The van der Waals surface area contributed by atoms with E-state index in [-0.39, 0.29) is 11.9 Å². The van der Waals surface area contributed by atoms with Crippen molar-refractivity contribution in [1.29, 1.82) is 0 Å². The minimum absolute atomic E-state index is 0.0495. The van der Waals surface area contributed by atoms with Crippen molar-refractivity contribution in [3.63, 3.8) is 0 Å². The van der Waals surface area contributed by atoms with Crippen LogP contribution in [0.25, 0.3) is 0 Å². The van der Waals surface area contributed by atoms with Gasteiger partial charge in [-0.2, -0.15) is 0 Å². The number of hydrogen-bond acceptors (Lipinski definition) is 4. The Labute approximate surface area is 140 Å². The average molecular weight is 324 g/mol. The Kier molecular flexibility index (Phi) is 8.06. The van der Waals surface area contributed by atoms with Crippen molar-refractivity contribution in [2.45, 2.75) is 57.1 Å². The van der Waals surface area contributed by atoms with Gasteiger partial charge >= 0.3 is 0 Å². The number of amides is 1. The molecule has 1 saturated heterocycles. The number of methoxy groups -OCH3 is 1. The first-order valence-corrected chi connectivity index (χ1v) is 9.05. The Bertz CT molecular complexity index is 372. The van der Waals surface area contributed by atoms with Gasteiger partial charge < -0.3 is 20.1 Å².